The van der Waals surface area contributed by atoms with E-state index in [1.54, 1.807) is 33.1 Å². The minimum Gasteiger partial charge on any atom is -0.497 e. The largest absolute Gasteiger partial charge is 0.497 e. The summed E-state index contributed by atoms with van der Waals surface area (Å²) in [5.74, 6) is 0.831. The Balaban J connectivity index is 1.79. The number of hydrogen-bond acceptors (Lipinski definition) is 6. The second kappa shape index (κ2) is 8.54. The molecule has 4 aromatic rings. The molecule has 0 spiro atoms. The molecule has 0 aliphatic carbocycles. The molecule has 0 fully saturated rings. The van der Waals surface area contributed by atoms with Gasteiger partial charge in [0.2, 0.25) is 5.91 Å². The van der Waals surface area contributed by atoms with Gasteiger partial charge in [-0.05, 0) is 70.0 Å². The Bertz CT molecular complexity index is 1390. The maximum atomic E-state index is 13.2. The predicted octanol–water partition coefficient (Wildman–Crippen LogP) is 4.49. The second-order valence-electron chi connectivity index (χ2n) is 8.23. The van der Waals surface area contributed by atoms with E-state index >= 15 is 0 Å². The van der Waals surface area contributed by atoms with Gasteiger partial charge in [0, 0.05) is 11.3 Å². The van der Waals surface area contributed by atoms with Crippen LogP contribution in [-0.4, -0.2) is 28.0 Å². The third kappa shape index (κ3) is 4.00. The van der Waals surface area contributed by atoms with E-state index in [2.05, 4.69) is 15.6 Å². The number of amides is 1. The summed E-state index contributed by atoms with van der Waals surface area (Å²) in [6.45, 7) is 9.26. The van der Waals surface area contributed by atoms with Crippen molar-refractivity contribution < 1.29 is 14.1 Å². The third-order valence-electron chi connectivity index (χ3n) is 5.75. The molecule has 0 bridgehead atoms. The van der Waals surface area contributed by atoms with Crippen molar-refractivity contribution in [1.29, 1.82) is 0 Å². The van der Waals surface area contributed by atoms with Gasteiger partial charge in [0.25, 0.3) is 5.56 Å². The van der Waals surface area contributed by atoms with Crippen LogP contribution in [0.15, 0.2) is 45.7 Å². The van der Waals surface area contributed by atoms with Gasteiger partial charge < -0.3 is 14.6 Å². The highest BCUT2D eigenvalue weighted by atomic mass is 16.5. The quantitative estimate of drug-likeness (QED) is 0.485. The number of rotatable bonds is 5. The van der Waals surface area contributed by atoms with Crippen molar-refractivity contribution in [2.45, 2.75) is 40.7 Å². The van der Waals surface area contributed by atoms with E-state index in [1.165, 1.54) is 0 Å². The van der Waals surface area contributed by atoms with E-state index in [-0.39, 0.29) is 11.4 Å². The Morgan fingerprint density at radius 2 is 1.73 bits per heavy atom. The minimum absolute atomic E-state index is 0.135. The molecule has 1 unspecified atom stereocenters. The molecule has 170 valence electrons. The standard InChI is InChI=1S/C25H26N4O4/c1-13-11-14(2)21(15(3)12-13)26-24(30)16(4)29-25(31)23-20(17(5)33-28-23)22(27-29)18-7-9-19(32-6)10-8-18/h7-12,16H,1-6H3,(H,26,30). The Morgan fingerprint density at radius 1 is 1.09 bits per heavy atom. The van der Waals surface area contributed by atoms with Crippen molar-refractivity contribution in [3.05, 3.63) is 69.2 Å². The van der Waals surface area contributed by atoms with Crippen molar-refractivity contribution in [2.24, 2.45) is 0 Å². The van der Waals surface area contributed by atoms with Gasteiger partial charge in [0.15, 0.2) is 5.52 Å². The monoisotopic (exact) mass is 446 g/mol. The summed E-state index contributed by atoms with van der Waals surface area (Å²) < 4.78 is 11.7. The minimum atomic E-state index is -0.879. The van der Waals surface area contributed by atoms with Gasteiger partial charge in [-0.3, -0.25) is 9.59 Å². The lowest BCUT2D eigenvalue weighted by Gasteiger charge is -2.18. The van der Waals surface area contributed by atoms with Gasteiger partial charge in [0.1, 0.15) is 23.2 Å². The molecule has 33 heavy (non-hydrogen) atoms. The summed E-state index contributed by atoms with van der Waals surface area (Å²) in [5, 5.41) is 12.0. The fourth-order valence-electron chi connectivity index (χ4n) is 4.04. The van der Waals surface area contributed by atoms with Gasteiger partial charge in [0.05, 0.1) is 12.5 Å². The maximum absolute atomic E-state index is 13.2. The molecule has 4 rings (SSSR count). The van der Waals surface area contributed by atoms with E-state index in [0.717, 1.165) is 32.6 Å². The molecule has 0 saturated carbocycles. The van der Waals surface area contributed by atoms with Crippen LogP contribution in [0.1, 0.15) is 35.4 Å². The first-order valence-corrected chi connectivity index (χ1v) is 10.6. The molecule has 1 amide bonds. The smallest absolute Gasteiger partial charge is 0.297 e. The van der Waals surface area contributed by atoms with Crippen LogP contribution in [0.2, 0.25) is 0 Å². The first-order chi connectivity index (χ1) is 15.7. The molecule has 1 N–H and O–H groups in total. The Kier molecular flexibility index (Phi) is 5.76. The topological polar surface area (TPSA) is 99.2 Å². The van der Waals surface area contributed by atoms with Crippen molar-refractivity contribution in [2.75, 3.05) is 12.4 Å². The molecule has 0 aliphatic heterocycles. The summed E-state index contributed by atoms with van der Waals surface area (Å²) >= 11 is 0. The number of carbonyl (C=O) groups is 1. The number of anilines is 1. The summed E-state index contributed by atoms with van der Waals surface area (Å²) in [5.41, 5.74) is 4.66. The number of nitrogens with one attached hydrogen (secondary N) is 1. The summed E-state index contributed by atoms with van der Waals surface area (Å²) in [6.07, 6.45) is 0. The average molecular weight is 447 g/mol. The van der Waals surface area contributed by atoms with Gasteiger partial charge in [-0.1, -0.05) is 22.9 Å². The van der Waals surface area contributed by atoms with Gasteiger partial charge in [-0.2, -0.15) is 5.10 Å². The van der Waals surface area contributed by atoms with Crippen molar-refractivity contribution in [3.63, 3.8) is 0 Å². The highest BCUT2D eigenvalue weighted by molar-refractivity contribution is 5.96. The molecule has 8 heteroatoms. The second-order valence-corrected chi connectivity index (χ2v) is 8.23. The zero-order chi connectivity index (χ0) is 23.9. The van der Waals surface area contributed by atoms with Crippen molar-refractivity contribution in [3.8, 4) is 17.0 Å². The zero-order valence-electron chi connectivity index (χ0n) is 19.5. The molecule has 2 heterocycles. The average Bonchev–Trinajstić information content (AvgIpc) is 3.18. The Hall–Kier alpha value is -3.94. The summed E-state index contributed by atoms with van der Waals surface area (Å²) in [4.78, 5) is 26.3. The third-order valence-corrected chi connectivity index (χ3v) is 5.75. The van der Waals surface area contributed by atoms with Crippen LogP contribution in [0.25, 0.3) is 22.2 Å². The van der Waals surface area contributed by atoms with E-state index in [9.17, 15) is 9.59 Å². The number of hydrogen-bond donors (Lipinski definition) is 1. The lowest BCUT2D eigenvalue weighted by atomic mass is 10.0. The lowest BCUT2D eigenvalue weighted by molar-refractivity contribution is -0.119. The maximum Gasteiger partial charge on any atom is 0.297 e. The van der Waals surface area contributed by atoms with Crippen LogP contribution in [0, 0.1) is 27.7 Å². The molecule has 0 radical (unpaired) electrons. The molecular weight excluding hydrogens is 420 g/mol. The van der Waals surface area contributed by atoms with Crippen molar-refractivity contribution >= 4 is 22.5 Å². The fourth-order valence-corrected chi connectivity index (χ4v) is 4.04. The zero-order valence-corrected chi connectivity index (χ0v) is 19.5. The number of carbonyl (C=O) groups excluding carboxylic acids is 1. The SMILES string of the molecule is COc1ccc(-c2nn(C(C)C(=O)Nc3c(C)cc(C)cc3C)c(=O)c3noc(C)c23)cc1. The summed E-state index contributed by atoms with van der Waals surface area (Å²) in [7, 11) is 1.59. The van der Waals surface area contributed by atoms with Gasteiger partial charge in [-0.25, -0.2) is 4.68 Å². The predicted molar refractivity (Wildman–Crippen MR) is 127 cm³/mol. The molecule has 0 aliphatic rings. The number of aromatic nitrogens is 3. The number of nitrogens with zero attached hydrogens (tertiary/aromatic N) is 3. The van der Waals surface area contributed by atoms with E-state index < -0.39 is 11.6 Å². The molecule has 0 saturated heterocycles. The molecule has 8 nitrogen and oxygen atoms in total. The number of fused-ring (bicyclic) bond motifs is 1. The Morgan fingerprint density at radius 3 is 2.33 bits per heavy atom. The first kappa shape index (κ1) is 22.3. The molecule has 2 aromatic carbocycles. The number of ether oxygens (including phenoxy) is 1. The van der Waals surface area contributed by atoms with Gasteiger partial charge >= 0.3 is 0 Å². The van der Waals surface area contributed by atoms with Crippen LogP contribution in [0.5, 0.6) is 5.75 Å². The van der Waals surface area contributed by atoms with E-state index in [0.29, 0.717) is 22.6 Å². The first-order valence-electron chi connectivity index (χ1n) is 10.6. The number of benzene rings is 2. The molecule has 2 aromatic heterocycles. The number of aryl methyl sites for hydroxylation is 4. The van der Waals surface area contributed by atoms with Crippen LogP contribution in [-0.2, 0) is 4.79 Å². The normalized spacial score (nSPS) is 12.1. The van der Waals surface area contributed by atoms with Gasteiger partial charge in [-0.15, -0.1) is 0 Å². The fraction of sp³-hybridized carbons (Fsp3) is 0.280. The lowest BCUT2D eigenvalue weighted by Crippen LogP contribution is -2.34. The number of methoxy groups -OCH3 is 1. The van der Waals surface area contributed by atoms with Crippen molar-refractivity contribution in [1.82, 2.24) is 14.9 Å². The van der Waals surface area contributed by atoms with Crippen LogP contribution in [0.3, 0.4) is 0 Å². The highest BCUT2D eigenvalue weighted by Gasteiger charge is 2.25. The van der Waals surface area contributed by atoms with Crippen LogP contribution < -0.4 is 15.6 Å². The van der Waals surface area contributed by atoms with E-state index in [1.807, 2.05) is 45.0 Å². The molecular formula is C25H26N4O4. The Labute approximate surface area is 191 Å². The van der Waals surface area contributed by atoms with Crippen LogP contribution in [0.4, 0.5) is 5.69 Å². The van der Waals surface area contributed by atoms with E-state index in [4.69, 9.17) is 9.26 Å². The molecule has 1 atom stereocenters. The highest BCUT2D eigenvalue weighted by Crippen LogP contribution is 2.29. The summed E-state index contributed by atoms with van der Waals surface area (Å²) in [6, 6.07) is 10.4. The van der Waals surface area contributed by atoms with Crippen LogP contribution >= 0.6 is 0 Å².